The van der Waals surface area contributed by atoms with E-state index in [2.05, 4.69) is 0 Å². The highest BCUT2D eigenvalue weighted by Crippen LogP contribution is 2.42. The first-order valence-electron chi connectivity index (χ1n) is 8.00. The molecule has 0 saturated carbocycles. The lowest BCUT2D eigenvalue weighted by Crippen LogP contribution is -2.51. The second-order valence-electron chi connectivity index (χ2n) is 5.25. The summed E-state index contributed by atoms with van der Waals surface area (Å²) in [6.45, 7) is 3.79. The third-order valence-corrected chi connectivity index (χ3v) is 4.51. The molecule has 1 aliphatic heterocycles. The molecular weight excluding hydrogens is 342 g/mol. The highest BCUT2D eigenvalue weighted by molar-refractivity contribution is 8.02. The van der Waals surface area contributed by atoms with Crippen molar-refractivity contribution in [1.29, 1.82) is 0 Å². The molecule has 1 aliphatic rings. The van der Waals surface area contributed by atoms with E-state index in [0.717, 1.165) is 5.75 Å². The molecule has 6 nitrogen and oxygen atoms in total. The summed E-state index contributed by atoms with van der Waals surface area (Å²) >= 11 is 1.50. The number of carbonyl (C=O) groups is 3. The van der Waals surface area contributed by atoms with Gasteiger partial charge >= 0.3 is 11.9 Å². The summed E-state index contributed by atoms with van der Waals surface area (Å²) < 4.78 is 9.78. The van der Waals surface area contributed by atoms with Gasteiger partial charge in [0.1, 0.15) is 6.54 Å². The fraction of sp³-hybridized carbons (Fsp3) is 0.389. The molecule has 0 N–H and O–H groups in total. The summed E-state index contributed by atoms with van der Waals surface area (Å²) in [4.78, 5) is 37.8. The van der Waals surface area contributed by atoms with Gasteiger partial charge in [0.25, 0.3) is 5.91 Å². The Hall–Kier alpha value is -2.28. The number of hydrogen-bond donors (Lipinski definition) is 0. The lowest BCUT2D eigenvalue weighted by atomic mass is 9.86. The minimum absolute atomic E-state index is 0.152. The molecule has 1 aromatic rings. The Balaban J connectivity index is 2.39. The van der Waals surface area contributed by atoms with Crippen LogP contribution in [0.3, 0.4) is 0 Å². The lowest BCUT2D eigenvalue weighted by Gasteiger charge is -2.42. The van der Waals surface area contributed by atoms with Crippen LogP contribution in [0.15, 0.2) is 35.2 Å². The molecule has 0 radical (unpaired) electrons. The van der Waals surface area contributed by atoms with Crippen molar-refractivity contribution in [2.75, 3.05) is 26.0 Å². The SMILES string of the molecule is CCOC(=O)CN1C(=O)/C(=C/SCC)C1c1ccccc1C(=O)OC. The Morgan fingerprint density at radius 1 is 1.28 bits per heavy atom. The molecule has 1 aromatic carbocycles. The van der Waals surface area contributed by atoms with Crippen molar-refractivity contribution >= 4 is 29.6 Å². The molecule has 0 bridgehead atoms. The highest BCUT2D eigenvalue weighted by Gasteiger charge is 2.45. The molecule has 1 unspecified atom stereocenters. The summed E-state index contributed by atoms with van der Waals surface area (Å²) in [5.74, 6) is -0.356. The van der Waals surface area contributed by atoms with Crippen molar-refractivity contribution in [2.24, 2.45) is 0 Å². The maximum atomic E-state index is 12.5. The monoisotopic (exact) mass is 363 g/mol. The van der Waals surface area contributed by atoms with Crippen LogP contribution in [0.2, 0.25) is 0 Å². The summed E-state index contributed by atoms with van der Waals surface area (Å²) in [7, 11) is 1.31. The Morgan fingerprint density at radius 3 is 2.64 bits per heavy atom. The van der Waals surface area contributed by atoms with Gasteiger partial charge in [0.15, 0.2) is 0 Å². The number of rotatable bonds is 7. The van der Waals surface area contributed by atoms with E-state index in [9.17, 15) is 14.4 Å². The van der Waals surface area contributed by atoms with Crippen LogP contribution in [0.5, 0.6) is 0 Å². The van der Waals surface area contributed by atoms with Gasteiger partial charge in [0, 0.05) is 0 Å². The van der Waals surface area contributed by atoms with E-state index in [1.165, 1.54) is 23.8 Å². The van der Waals surface area contributed by atoms with Gasteiger partial charge in [-0.15, -0.1) is 11.8 Å². The predicted octanol–water partition coefficient (Wildman–Crippen LogP) is 2.56. The molecule has 134 valence electrons. The average molecular weight is 363 g/mol. The van der Waals surface area contributed by atoms with Crippen LogP contribution >= 0.6 is 11.8 Å². The molecule has 1 heterocycles. The van der Waals surface area contributed by atoms with E-state index in [1.807, 2.05) is 6.92 Å². The number of esters is 2. The second-order valence-corrected chi connectivity index (χ2v) is 6.39. The summed E-state index contributed by atoms with van der Waals surface area (Å²) in [5, 5.41) is 1.79. The van der Waals surface area contributed by atoms with E-state index >= 15 is 0 Å². The average Bonchev–Trinajstić information content (AvgIpc) is 2.63. The van der Waals surface area contributed by atoms with Crippen molar-refractivity contribution in [3.63, 3.8) is 0 Å². The molecule has 1 atom stereocenters. The molecule has 7 heteroatoms. The van der Waals surface area contributed by atoms with E-state index in [-0.39, 0.29) is 19.1 Å². The van der Waals surface area contributed by atoms with Crippen LogP contribution in [0.1, 0.15) is 35.8 Å². The number of benzene rings is 1. The van der Waals surface area contributed by atoms with Crippen molar-refractivity contribution in [2.45, 2.75) is 19.9 Å². The number of likely N-dealkylation sites (tertiary alicyclic amines) is 1. The number of nitrogens with zero attached hydrogens (tertiary/aromatic N) is 1. The van der Waals surface area contributed by atoms with Gasteiger partial charge in [0.2, 0.25) is 0 Å². The number of hydrogen-bond acceptors (Lipinski definition) is 6. The van der Waals surface area contributed by atoms with Crippen molar-refractivity contribution < 1.29 is 23.9 Å². The summed E-state index contributed by atoms with van der Waals surface area (Å²) in [6.07, 6.45) is 0. The molecular formula is C18H21NO5S. The normalized spacial score (nSPS) is 18.0. The Kier molecular flexibility index (Phi) is 6.64. The molecule has 2 rings (SSSR count). The van der Waals surface area contributed by atoms with E-state index in [4.69, 9.17) is 9.47 Å². The van der Waals surface area contributed by atoms with Gasteiger partial charge in [-0.2, -0.15) is 0 Å². The van der Waals surface area contributed by atoms with E-state index in [1.54, 1.807) is 36.6 Å². The van der Waals surface area contributed by atoms with Gasteiger partial charge in [-0.1, -0.05) is 25.1 Å². The van der Waals surface area contributed by atoms with Gasteiger partial charge in [-0.05, 0) is 29.7 Å². The quantitative estimate of drug-likeness (QED) is 0.421. The summed E-state index contributed by atoms with van der Waals surface area (Å²) in [6, 6.07) is 6.47. The largest absolute Gasteiger partial charge is 0.465 e. The molecule has 25 heavy (non-hydrogen) atoms. The zero-order valence-corrected chi connectivity index (χ0v) is 15.3. The van der Waals surface area contributed by atoms with Crippen molar-refractivity contribution in [3.8, 4) is 0 Å². The summed E-state index contributed by atoms with van der Waals surface area (Å²) in [5.41, 5.74) is 1.58. The lowest BCUT2D eigenvalue weighted by molar-refractivity contribution is -0.152. The van der Waals surface area contributed by atoms with Crippen LogP contribution in [0, 0.1) is 0 Å². The molecule has 1 saturated heterocycles. The third-order valence-electron chi connectivity index (χ3n) is 3.76. The highest BCUT2D eigenvalue weighted by atomic mass is 32.2. The number of carbonyl (C=O) groups excluding carboxylic acids is 3. The van der Waals surface area contributed by atoms with Crippen molar-refractivity contribution in [3.05, 3.63) is 46.4 Å². The number of amides is 1. The Labute approximate surface area is 151 Å². The van der Waals surface area contributed by atoms with Crippen LogP contribution < -0.4 is 0 Å². The molecule has 0 aliphatic carbocycles. The molecule has 0 spiro atoms. The first-order chi connectivity index (χ1) is 12.0. The second kappa shape index (κ2) is 8.71. The first kappa shape index (κ1) is 19.1. The van der Waals surface area contributed by atoms with Gasteiger partial charge in [-0.3, -0.25) is 9.59 Å². The number of thioether (sulfide) groups is 1. The number of ether oxygens (including phenoxy) is 2. The molecule has 1 amide bonds. The molecule has 0 aromatic heterocycles. The maximum Gasteiger partial charge on any atom is 0.338 e. The van der Waals surface area contributed by atoms with E-state index in [0.29, 0.717) is 16.7 Å². The van der Waals surface area contributed by atoms with Crippen LogP contribution in [0.25, 0.3) is 0 Å². The zero-order valence-electron chi connectivity index (χ0n) is 14.5. The minimum Gasteiger partial charge on any atom is -0.465 e. The Morgan fingerprint density at radius 2 is 2.00 bits per heavy atom. The Bertz CT molecular complexity index is 700. The predicted molar refractivity (Wildman–Crippen MR) is 95.1 cm³/mol. The smallest absolute Gasteiger partial charge is 0.338 e. The van der Waals surface area contributed by atoms with E-state index < -0.39 is 18.0 Å². The molecule has 1 fully saturated rings. The third kappa shape index (κ3) is 4.04. The number of methoxy groups -OCH3 is 1. The van der Waals surface area contributed by atoms with Crippen LogP contribution in [-0.2, 0) is 19.1 Å². The maximum absolute atomic E-state index is 12.5. The topological polar surface area (TPSA) is 72.9 Å². The number of β-lactam (4-membered cyclic amide) rings is 1. The van der Waals surface area contributed by atoms with Crippen molar-refractivity contribution in [1.82, 2.24) is 4.90 Å². The van der Waals surface area contributed by atoms with Gasteiger partial charge in [-0.25, -0.2) is 4.79 Å². The zero-order chi connectivity index (χ0) is 18.4. The first-order valence-corrected chi connectivity index (χ1v) is 9.05. The standard InChI is InChI=1S/C18H21NO5S/c1-4-24-15(20)10-19-16(14(17(19)21)11-25-5-2)12-8-6-7-9-13(12)18(22)23-3/h6-9,11,16H,4-5,10H2,1-3H3/b14-11+. The fourth-order valence-corrected chi connectivity index (χ4v) is 3.24. The van der Waals surface area contributed by atoms with Gasteiger partial charge < -0.3 is 14.4 Å². The fourth-order valence-electron chi connectivity index (χ4n) is 2.67. The van der Waals surface area contributed by atoms with Gasteiger partial charge in [0.05, 0.1) is 30.9 Å². The van der Waals surface area contributed by atoms with Crippen LogP contribution in [-0.4, -0.2) is 48.8 Å². The van der Waals surface area contributed by atoms with Crippen LogP contribution in [0.4, 0.5) is 0 Å². The minimum atomic E-state index is -0.478.